The number of ether oxygens (including phenoxy) is 1. The lowest BCUT2D eigenvalue weighted by molar-refractivity contribution is 0.0596. The van der Waals surface area contributed by atoms with E-state index in [0.717, 1.165) is 25.2 Å². The number of hydrogen-bond acceptors (Lipinski definition) is 5. The fourth-order valence-electron chi connectivity index (χ4n) is 2.49. The highest BCUT2D eigenvalue weighted by molar-refractivity contribution is 5.95. The average Bonchev–Trinajstić information content (AvgIpc) is 3.03. The molecule has 3 rings (SSSR count). The molecular weight excluding hydrogens is 246 g/mol. The minimum absolute atomic E-state index is 0.100. The van der Waals surface area contributed by atoms with Crippen molar-refractivity contribution in [1.82, 2.24) is 14.7 Å². The minimum atomic E-state index is -0.493. The van der Waals surface area contributed by atoms with Crippen molar-refractivity contribution in [1.29, 1.82) is 0 Å². The summed E-state index contributed by atoms with van der Waals surface area (Å²) in [6.07, 6.45) is 3.80. The number of methoxy groups -OCH3 is 1. The lowest BCUT2D eigenvalue weighted by Gasteiger charge is -2.08. The molecule has 2 N–H and O–H groups in total. The predicted octanol–water partition coefficient (Wildman–Crippen LogP) is 1.25. The first kappa shape index (κ1) is 12.0. The van der Waals surface area contributed by atoms with Gasteiger partial charge in [-0.05, 0) is 25.5 Å². The van der Waals surface area contributed by atoms with Gasteiger partial charge in [-0.15, -0.1) is 0 Å². The van der Waals surface area contributed by atoms with Crippen molar-refractivity contribution < 1.29 is 14.6 Å². The summed E-state index contributed by atoms with van der Waals surface area (Å²) < 4.78 is 6.57. The molecule has 0 amide bonds. The van der Waals surface area contributed by atoms with E-state index < -0.39 is 5.97 Å². The molecule has 2 aromatic rings. The third kappa shape index (κ3) is 1.94. The summed E-state index contributed by atoms with van der Waals surface area (Å²) in [5, 5.41) is 12.9. The summed E-state index contributed by atoms with van der Waals surface area (Å²) in [7, 11) is 1.32. The summed E-state index contributed by atoms with van der Waals surface area (Å²) in [6, 6.07) is 3.24. The van der Waals surface area contributed by atoms with Gasteiger partial charge in [-0.2, -0.15) is 0 Å². The van der Waals surface area contributed by atoms with Gasteiger partial charge in [-0.1, -0.05) is 0 Å². The van der Waals surface area contributed by atoms with Crippen molar-refractivity contribution in [2.75, 3.05) is 13.7 Å². The molecule has 2 aromatic heterocycles. The second kappa shape index (κ2) is 4.55. The number of aromatic hydroxyl groups is 1. The van der Waals surface area contributed by atoms with E-state index in [1.807, 2.05) is 4.40 Å². The number of pyridine rings is 1. The van der Waals surface area contributed by atoms with Crippen molar-refractivity contribution in [2.45, 2.75) is 18.9 Å². The fourth-order valence-corrected chi connectivity index (χ4v) is 2.49. The standard InChI is InChI=1S/C13H15N3O3/c1-19-13(18)11-10-7-8(17)4-6-16(10)12(15-11)9-3-2-5-14-9/h4,6-7,9,14,17H,2-3,5H2,1H3. The first-order valence-electron chi connectivity index (χ1n) is 6.23. The van der Waals surface area contributed by atoms with Crippen LogP contribution in [0.2, 0.25) is 0 Å². The number of aromatic nitrogens is 2. The number of nitrogens with zero attached hydrogens (tertiary/aromatic N) is 2. The van der Waals surface area contributed by atoms with Crippen LogP contribution in [0, 0.1) is 0 Å². The Morgan fingerprint density at radius 2 is 2.47 bits per heavy atom. The van der Waals surface area contributed by atoms with Gasteiger partial charge in [0.15, 0.2) is 5.69 Å². The molecule has 6 heteroatoms. The summed E-state index contributed by atoms with van der Waals surface area (Å²) in [5.74, 6) is 0.392. The van der Waals surface area contributed by atoms with Crippen molar-refractivity contribution in [3.05, 3.63) is 29.8 Å². The Labute approximate surface area is 110 Å². The molecule has 0 saturated carbocycles. The first-order valence-corrected chi connectivity index (χ1v) is 6.23. The Balaban J connectivity index is 2.19. The molecule has 0 radical (unpaired) electrons. The Kier molecular flexibility index (Phi) is 2.87. The second-order valence-corrected chi connectivity index (χ2v) is 4.60. The van der Waals surface area contributed by atoms with Crippen LogP contribution in [0.25, 0.3) is 5.52 Å². The second-order valence-electron chi connectivity index (χ2n) is 4.60. The normalized spacial score (nSPS) is 18.9. The Morgan fingerprint density at radius 1 is 1.63 bits per heavy atom. The van der Waals surface area contributed by atoms with E-state index in [2.05, 4.69) is 10.3 Å². The summed E-state index contributed by atoms with van der Waals surface area (Å²) in [4.78, 5) is 16.2. The van der Waals surface area contributed by atoms with Gasteiger partial charge in [-0.25, -0.2) is 9.78 Å². The Bertz CT molecular complexity index is 629. The van der Waals surface area contributed by atoms with E-state index in [1.54, 1.807) is 12.3 Å². The molecule has 1 saturated heterocycles. The molecule has 1 atom stereocenters. The number of hydrogen-bond donors (Lipinski definition) is 2. The third-order valence-electron chi connectivity index (χ3n) is 3.41. The Hall–Kier alpha value is -2.08. The van der Waals surface area contributed by atoms with Crippen molar-refractivity contribution in [3.63, 3.8) is 0 Å². The lowest BCUT2D eigenvalue weighted by Crippen LogP contribution is -2.15. The van der Waals surface area contributed by atoms with Crippen molar-refractivity contribution in [3.8, 4) is 5.75 Å². The van der Waals surface area contributed by atoms with Gasteiger partial charge < -0.3 is 19.6 Å². The molecule has 1 unspecified atom stereocenters. The van der Waals surface area contributed by atoms with E-state index >= 15 is 0 Å². The van der Waals surface area contributed by atoms with Gasteiger partial charge in [0.05, 0.1) is 18.7 Å². The highest BCUT2D eigenvalue weighted by atomic mass is 16.5. The monoisotopic (exact) mass is 261 g/mol. The number of nitrogens with one attached hydrogen (secondary N) is 1. The average molecular weight is 261 g/mol. The third-order valence-corrected chi connectivity index (χ3v) is 3.41. The molecular formula is C13H15N3O3. The number of carbonyl (C=O) groups is 1. The van der Waals surface area contributed by atoms with Crippen LogP contribution in [0.4, 0.5) is 0 Å². The number of carbonyl (C=O) groups excluding carboxylic acids is 1. The predicted molar refractivity (Wildman–Crippen MR) is 68.2 cm³/mol. The van der Waals surface area contributed by atoms with E-state index in [9.17, 15) is 9.90 Å². The van der Waals surface area contributed by atoms with Crippen LogP contribution < -0.4 is 5.32 Å². The number of rotatable bonds is 2. The van der Waals surface area contributed by atoms with Gasteiger partial charge in [0.1, 0.15) is 11.6 Å². The highest BCUT2D eigenvalue weighted by Crippen LogP contribution is 2.27. The number of fused-ring (bicyclic) bond motifs is 1. The molecule has 19 heavy (non-hydrogen) atoms. The largest absolute Gasteiger partial charge is 0.508 e. The summed E-state index contributed by atoms with van der Waals surface area (Å²) >= 11 is 0. The molecule has 0 aliphatic carbocycles. The van der Waals surface area contributed by atoms with Crippen LogP contribution in [0.15, 0.2) is 18.3 Å². The SMILES string of the molecule is COC(=O)c1nc(C2CCCN2)n2ccc(O)cc12. The number of imidazole rings is 1. The topological polar surface area (TPSA) is 75.9 Å². The van der Waals surface area contributed by atoms with E-state index in [4.69, 9.17) is 4.74 Å². The molecule has 100 valence electrons. The molecule has 0 bridgehead atoms. The van der Waals surface area contributed by atoms with Gasteiger partial charge in [0.25, 0.3) is 0 Å². The van der Waals surface area contributed by atoms with E-state index in [1.165, 1.54) is 13.2 Å². The maximum atomic E-state index is 11.8. The molecule has 1 aliphatic rings. The van der Waals surface area contributed by atoms with Crippen LogP contribution in [0.5, 0.6) is 5.75 Å². The maximum Gasteiger partial charge on any atom is 0.358 e. The van der Waals surface area contributed by atoms with Gasteiger partial charge in [0.2, 0.25) is 0 Å². The lowest BCUT2D eigenvalue weighted by atomic mass is 10.2. The molecule has 3 heterocycles. The van der Waals surface area contributed by atoms with Gasteiger partial charge >= 0.3 is 5.97 Å². The molecule has 6 nitrogen and oxygen atoms in total. The Morgan fingerprint density at radius 3 is 3.16 bits per heavy atom. The number of esters is 1. The zero-order valence-corrected chi connectivity index (χ0v) is 10.6. The zero-order chi connectivity index (χ0) is 13.4. The highest BCUT2D eigenvalue weighted by Gasteiger charge is 2.25. The first-order chi connectivity index (χ1) is 9.20. The van der Waals surface area contributed by atoms with Crippen LogP contribution >= 0.6 is 0 Å². The van der Waals surface area contributed by atoms with Crippen LogP contribution in [0.3, 0.4) is 0 Å². The maximum absolute atomic E-state index is 11.8. The smallest absolute Gasteiger partial charge is 0.358 e. The van der Waals surface area contributed by atoms with Gasteiger partial charge in [0, 0.05) is 12.3 Å². The molecule has 1 aliphatic heterocycles. The summed E-state index contributed by atoms with van der Waals surface area (Å²) in [5.41, 5.74) is 0.803. The van der Waals surface area contributed by atoms with Gasteiger partial charge in [-0.3, -0.25) is 0 Å². The van der Waals surface area contributed by atoms with E-state index in [0.29, 0.717) is 5.52 Å². The minimum Gasteiger partial charge on any atom is -0.508 e. The zero-order valence-electron chi connectivity index (χ0n) is 10.6. The molecule has 0 aromatic carbocycles. The molecule has 1 fully saturated rings. The van der Waals surface area contributed by atoms with Crippen molar-refractivity contribution in [2.24, 2.45) is 0 Å². The van der Waals surface area contributed by atoms with Crippen LogP contribution in [-0.4, -0.2) is 34.1 Å². The fraction of sp³-hybridized carbons (Fsp3) is 0.385. The van der Waals surface area contributed by atoms with Crippen LogP contribution in [0.1, 0.15) is 35.2 Å². The summed E-state index contributed by atoms with van der Waals surface area (Å²) in [6.45, 7) is 0.950. The quantitative estimate of drug-likeness (QED) is 0.796. The van der Waals surface area contributed by atoms with Crippen LogP contribution in [-0.2, 0) is 4.74 Å². The molecule has 0 spiro atoms. The van der Waals surface area contributed by atoms with Crippen molar-refractivity contribution >= 4 is 11.5 Å². The van der Waals surface area contributed by atoms with E-state index in [-0.39, 0.29) is 17.5 Å².